The van der Waals surface area contributed by atoms with E-state index < -0.39 is 5.91 Å². The maximum absolute atomic E-state index is 11.8. The zero-order chi connectivity index (χ0) is 16.3. The van der Waals surface area contributed by atoms with Crippen molar-refractivity contribution in [1.29, 1.82) is 0 Å². The van der Waals surface area contributed by atoms with Crippen molar-refractivity contribution in [3.8, 4) is 0 Å². The molecular formula is C19H19NO2. The number of Topliss-reactive ketones (excluding diaryl/α,β-unsaturated/α-hetero) is 1. The summed E-state index contributed by atoms with van der Waals surface area (Å²) in [6, 6.07) is 13.0. The number of rotatable bonds is 4. The number of amides is 1. The summed E-state index contributed by atoms with van der Waals surface area (Å²) in [6.07, 6.45) is 1.97. The first-order chi connectivity index (χ1) is 10.5. The average Bonchev–Trinajstić information content (AvgIpc) is 2.48. The highest BCUT2D eigenvalue weighted by atomic mass is 16.1. The van der Waals surface area contributed by atoms with Crippen LogP contribution in [0.25, 0.3) is 5.57 Å². The smallest absolute Gasteiger partial charge is 0.248 e. The van der Waals surface area contributed by atoms with E-state index in [4.69, 9.17) is 5.73 Å². The van der Waals surface area contributed by atoms with Gasteiger partial charge in [0.05, 0.1) is 0 Å². The van der Waals surface area contributed by atoms with Gasteiger partial charge in [-0.2, -0.15) is 0 Å². The Bertz CT molecular complexity index is 773. The van der Waals surface area contributed by atoms with Crippen LogP contribution in [0.3, 0.4) is 0 Å². The van der Waals surface area contributed by atoms with Crippen molar-refractivity contribution in [2.24, 2.45) is 5.73 Å². The molecule has 3 nitrogen and oxygen atoms in total. The molecule has 2 aromatic rings. The SMILES string of the molecule is C/C=C(/c1ccc(C(N)=O)c(C)c1)c1ccccc1C(C)=O. The molecule has 0 aliphatic carbocycles. The van der Waals surface area contributed by atoms with Gasteiger partial charge in [-0.15, -0.1) is 0 Å². The van der Waals surface area contributed by atoms with E-state index in [0.29, 0.717) is 11.1 Å². The maximum Gasteiger partial charge on any atom is 0.248 e. The van der Waals surface area contributed by atoms with Crippen LogP contribution < -0.4 is 5.73 Å². The minimum Gasteiger partial charge on any atom is -0.366 e. The third-order valence-corrected chi connectivity index (χ3v) is 3.69. The van der Waals surface area contributed by atoms with Crippen LogP contribution in [0, 0.1) is 6.92 Å². The Labute approximate surface area is 130 Å². The number of ketones is 1. The first-order valence-electron chi connectivity index (χ1n) is 7.13. The summed E-state index contributed by atoms with van der Waals surface area (Å²) in [6.45, 7) is 5.35. The molecule has 0 spiro atoms. The lowest BCUT2D eigenvalue weighted by Crippen LogP contribution is -2.12. The van der Waals surface area contributed by atoms with Crippen molar-refractivity contribution in [3.05, 3.63) is 76.4 Å². The summed E-state index contributed by atoms with van der Waals surface area (Å²) in [5.74, 6) is -0.407. The Balaban J connectivity index is 2.58. The number of allylic oxidation sites excluding steroid dienone is 1. The normalized spacial score (nSPS) is 11.3. The predicted molar refractivity (Wildman–Crippen MR) is 88.9 cm³/mol. The van der Waals surface area contributed by atoms with Gasteiger partial charge in [0.15, 0.2) is 5.78 Å². The first-order valence-corrected chi connectivity index (χ1v) is 7.13. The number of aryl methyl sites for hydroxylation is 1. The molecule has 0 radical (unpaired) electrons. The van der Waals surface area contributed by atoms with Crippen LogP contribution in [0.4, 0.5) is 0 Å². The van der Waals surface area contributed by atoms with Gasteiger partial charge in [-0.1, -0.05) is 42.5 Å². The lowest BCUT2D eigenvalue weighted by Gasteiger charge is -2.13. The van der Waals surface area contributed by atoms with Gasteiger partial charge >= 0.3 is 0 Å². The van der Waals surface area contributed by atoms with Crippen molar-refractivity contribution >= 4 is 17.3 Å². The molecule has 0 aliphatic heterocycles. The van der Waals surface area contributed by atoms with Crippen LogP contribution in [0.2, 0.25) is 0 Å². The lowest BCUT2D eigenvalue weighted by atomic mass is 9.90. The quantitative estimate of drug-likeness (QED) is 0.873. The maximum atomic E-state index is 11.8. The number of primary amides is 1. The summed E-state index contributed by atoms with van der Waals surface area (Å²) in [5, 5.41) is 0. The van der Waals surface area contributed by atoms with Crippen molar-refractivity contribution in [3.63, 3.8) is 0 Å². The molecule has 2 rings (SSSR count). The Kier molecular flexibility index (Phi) is 4.56. The van der Waals surface area contributed by atoms with E-state index in [2.05, 4.69) is 0 Å². The lowest BCUT2D eigenvalue weighted by molar-refractivity contribution is 0.0995. The van der Waals surface area contributed by atoms with Gasteiger partial charge in [0, 0.05) is 11.1 Å². The molecule has 2 N–H and O–H groups in total. The molecule has 0 saturated carbocycles. The van der Waals surface area contributed by atoms with Crippen molar-refractivity contribution < 1.29 is 9.59 Å². The topological polar surface area (TPSA) is 60.2 Å². The molecule has 22 heavy (non-hydrogen) atoms. The molecule has 0 atom stereocenters. The molecular weight excluding hydrogens is 274 g/mol. The molecule has 2 aromatic carbocycles. The summed E-state index contributed by atoms with van der Waals surface area (Å²) >= 11 is 0. The van der Waals surface area contributed by atoms with E-state index >= 15 is 0 Å². The molecule has 0 bridgehead atoms. The highest BCUT2D eigenvalue weighted by Crippen LogP contribution is 2.28. The second-order valence-electron chi connectivity index (χ2n) is 5.20. The molecule has 0 aromatic heterocycles. The van der Waals surface area contributed by atoms with Crippen LogP contribution in [0.15, 0.2) is 48.5 Å². The fourth-order valence-corrected chi connectivity index (χ4v) is 2.61. The minimum absolute atomic E-state index is 0.0282. The highest BCUT2D eigenvalue weighted by Gasteiger charge is 2.13. The van der Waals surface area contributed by atoms with E-state index in [1.54, 1.807) is 13.0 Å². The average molecular weight is 293 g/mol. The van der Waals surface area contributed by atoms with Gasteiger partial charge in [0.1, 0.15) is 0 Å². The van der Waals surface area contributed by atoms with Gasteiger partial charge in [0.2, 0.25) is 5.91 Å². The van der Waals surface area contributed by atoms with Crippen LogP contribution in [-0.4, -0.2) is 11.7 Å². The summed E-state index contributed by atoms with van der Waals surface area (Å²) in [7, 11) is 0. The highest BCUT2D eigenvalue weighted by molar-refractivity contribution is 6.01. The number of nitrogens with two attached hydrogens (primary N) is 1. The number of carbonyl (C=O) groups excluding carboxylic acids is 2. The predicted octanol–water partition coefficient (Wildman–Crippen LogP) is 3.75. The van der Waals surface area contributed by atoms with Crippen molar-refractivity contribution in [2.45, 2.75) is 20.8 Å². The molecule has 0 fully saturated rings. The third-order valence-electron chi connectivity index (χ3n) is 3.69. The Hall–Kier alpha value is -2.68. The minimum atomic E-state index is -0.435. The van der Waals surface area contributed by atoms with E-state index in [1.807, 2.05) is 56.3 Å². The van der Waals surface area contributed by atoms with Crippen LogP contribution in [-0.2, 0) is 0 Å². The Morgan fingerprint density at radius 2 is 1.64 bits per heavy atom. The fraction of sp³-hybridized carbons (Fsp3) is 0.158. The Morgan fingerprint density at radius 1 is 1.00 bits per heavy atom. The van der Waals surface area contributed by atoms with Gasteiger partial charge < -0.3 is 5.73 Å². The summed E-state index contributed by atoms with van der Waals surface area (Å²) in [5.41, 5.74) is 10.2. The first kappa shape index (κ1) is 15.7. The fourth-order valence-electron chi connectivity index (χ4n) is 2.61. The largest absolute Gasteiger partial charge is 0.366 e. The molecule has 1 amide bonds. The second kappa shape index (κ2) is 6.39. The van der Waals surface area contributed by atoms with Crippen molar-refractivity contribution in [1.82, 2.24) is 0 Å². The number of benzene rings is 2. The van der Waals surface area contributed by atoms with E-state index in [1.165, 1.54) is 0 Å². The van der Waals surface area contributed by atoms with Crippen LogP contribution in [0.1, 0.15) is 51.3 Å². The van der Waals surface area contributed by atoms with Gasteiger partial charge in [-0.3, -0.25) is 9.59 Å². The van der Waals surface area contributed by atoms with E-state index in [-0.39, 0.29) is 5.78 Å². The number of hydrogen-bond donors (Lipinski definition) is 1. The summed E-state index contributed by atoms with van der Waals surface area (Å²) in [4.78, 5) is 23.2. The summed E-state index contributed by atoms with van der Waals surface area (Å²) < 4.78 is 0. The number of hydrogen-bond acceptors (Lipinski definition) is 2. The molecule has 0 heterocycles. The van der Waals surface area contributed by atoms with E-state index in [9.17, 15) is 9.59 Å². The monoisotopic (exact) mass is 293 g/mol. The third kappa shape index (κ3) is 2.98. The second-order valence-corrected chi connectivity index (χ2v) is 5.20. The van der Waals surface area contributed by atoms with Crippen LogP contribution >= 0.6 is 0 Å². The van der Waals surface area contributed by atoms with Gasteiger partial charge in [-0.05, 0) is 49.1 Å². The molecule has 112 valence electrons. The standard InChI is InChI=1S/C19H19NO2/c1-4-15(18-8-6-5-7-17(18)13(3)21)14-9-10-16(19(20)22)12(2)11-14/h4-11H,1-3H3,(H2,20,22)/b15-4-. The molecule has 0 aliphatic rings. The van der Waals surface area contributed by atoms with Gasteiger partial charge in [0.25, 0.3) is 0 Å². The zero-order valence-corrected chi connectivity index (χ0v) is 13.0. The molecule has 0 unspecified atom stereocenters. The van der Waals surface area contributed by atoms with Crippen LogP contribution in [0.5, 0.6) is 0 Å². The van der Waals surface area contributed by atoms with Crippen molar-refractivity contribution in [2.75, 3.05) is 0 Å². The molecule has 3 heteroatoms. The zero-order valence-electron chi connectivity index (χ0n) is 13.0. The molecule has 0 saturated heterocycles. The van der Waals surface area contributed by atoms with Gasteiger partial charge in [-0.25, -0.2) is 0 Å². The Morgan fingerprint density at radius 3 is 2.14 bits per heavy atom. The van der Waals surface area contributed by atoms with E-state index in [0.717, 1.165) is 22.3 Å². The number of carbonyl (C=O) groups is 2.